The second-order valence-electron chi connectivity index (χ2n) is 13.9. The summed E-state index contributed by atoms with van der Waals surface area (Å²) in [6, 6.07) is 10.4. The van der Waals surface area contributed by atoms with Gasteiger partial charge in [0.1, 0.15) is 5.65 Å². The van der Waals surface area contributed by atoms with E-state index in [9.17, 15) is 14.4 Å². The maximum Gasteiger partial charge on any atom is 0.410 e. The maximum absolute atomic E-state index is 14.1. The number of para-hydroxylation sites is 1. The highest BCUT2D eigenvalue weighted by atomic mass is 16.6. The number of rotatable bonds is 6. The van der Waals surface area contributed by atoms with E-state index in [-0.39, 0.29) is 18.0 Å². The van der Waals surface area contributed by atoms with E-state index in [1.807, 2.05) is 57.8 Å². The highest BCUT2D eigenvalue weighted by Crippen LogP contribution is 2.26. The number of nitrogens with zero attached hydrogens (tertiary/aromatic N) is 7. The Morgan fingerprint density at radius 3 is 2.42 bits per heavy atom. The number of aromatic nitrogens is 2. The van der Waals surface area contributed by atoms with Gasteiger partial charge in [0.25, 0.3) is 5.91 Å². The molecule has 2 aromatic heterocycles. The lowest BCUT2D eigenvalue weighted by molar-refractivity contribution is -0.142. The number of pyridine rings is 1. The van der Waals surface area contributed by atoms with Crippen molar-refractivity contribution in [3.8, 4) is 0 Å². The fourth-order valence-electron chi connectivity index (χ4n) is 7.92. The van der Waals surface area contributed by atoms with E-state index in [2.05, 4.69) is 33.2 Å². The molecular weight excluding hydrogens is 608 g/mol. The van der Waals surface area contributed by atoms with Gasteiger partial charge >= 0.3 is 12.1 Å². The predicted molar refractivity (Wildman–Crippen MR) is 183 cm³/mol. The Morgan fingerprint density at radius 2 is 1.65 bits per heavy atom. The van der Waals surface area contributed by atoms with Crippen LogP contribution in [0.15, 0.2) is 48.9 Å². The molecule has 0 aliphatic carbocycles. The predicted octanol–water partition coefficient (Wildman–Crippen LogP) is 3.48. The zero-order chi connectivity index (χ0) is 33.2. The average Bonchev–Trinajstić information content (AvgIpc) is 3.52. The topological polar surface area (TPSA) is 106 Å². The highest BCUT2D eigenvalue weighted by molar-refractivity contribution is 5.91. The number of carbonyl (C=O) groups excluding carboxylic acids is 3. The number of nitrogens with one attached hydrogen (secondary N) is 1. The molecule has 4 amide bonds. The number of hydrogen-bond acceptors (Lipinski definition) is 7. The summed E-state index contributed by atoms with van der Waals surface area (Å²) in [5, 5.41) is 3.06. The van der Waals surface area contributed by atoms with Gasteiger partial charge in [0, 0.05) is 102 Å². The second-order valence-corrected chi connectivity index (χ2v) is 13.9. The van der Waals surface area contributed by atoms with Crippen LogP contribution in [-0.2, 0) is 22.4 Å². The molecule has 4 aliphatic rings. The number of likely N-dealkylation sites (N-methyl/N-ethyl adjacent to an activating group) is 1. The van der Waals surface area contributed by atoms with Crippen LogP contribution < -0.4 is 5.32 Å². The van der Waals surface area contributed by atoms with Crippen LogP contribution in [0.4, 0.5) is 15.3 Å². The van der Waals surface area contributed by atoms with Crippen LogP contribution in [0.25, 0.3) is 5.65 Å². The molecular formula is C36H48N8O4. The molecule has 3 fully saturated rings. The lowest BCUT2D eigenvalue weighted by Crippen LogP contribution is -2.54. The average molecular weight is 657 g/mol. The van der Waals surface area contributed by atoms with E-state index >= 15 is 0 Å². The van der Waals surface area contributed by atoms with Crippen LogP contribution in [0.3, 0.4) is 0 Å². The van der Waals surface area contributed by atoms with Crippen LogP contribution >= 0.6 is 0 Å². The van der Waals surface area contributed by atoms with Gasteiger partial charge in [0.15, 0.2) is 6.10 Å². The molecule has 4 aliphatic heterocycles. The number of ether oxygens (including phenoxy) is 1. The van der Waals surface area contributed by atoms with Gasteiger partial charge in [-0.05, 0) is 68.8 Å². The minimum Gasteiger partial charge on any atom is -0.436 e. The molecule has 1 atom stereocenters. The summed E-state index contributed by atoms with van der Waals surface area (Å²) in [5.74, 6) is -0.126. The third kappa shape index (κ3) is 7.00. The van der Waals surface area contributed by atoms with Crippen molar-refractivity contribution in [3.63, 3.8) is 0 Å². The lowest BCUT2D eigenvalue weighted by Gasteiger charge is -2.42. The SMILES string of the molecule is Cc1cc(C[C@@H](OC(=O)N2CCC(N3CCc4ccccc4NC3=O)CC2)C(=O)N2CCC(N3CCN(C)CC3)CC2)cn2ccnc12. The van der Waals surface area contributed by atoms with Crippen LogP contribution in [-0.4, -0.2) is 136 Å². The minimum absolute atomic E-state index is 0.0345. The van der Waals surface area contributed by atoms with Gasteiger partial charge in [-0.3, -0.25) is 9.69 Å². The fraction of sp³-hybridized carbons (Fsp3) is 0.556. The minimum atomic E-state index is -0.925. The van der Waals surface area contributed by atoms with Gasteiger partial charge in [-0.15, -0.1) is 0 Å². The Morgan fingerprint density at radius 1 is 0.938 bits per heavy atom. The molecule has 3 saturated heterocycles. The monoisotopic (exact) mass is 656 g/mol. The number of fused-ring (bicyclic) bond motifs is 2. The van der Waals surface area contributed by atoms with Crippen molar-refractivity contribution in [1.82, 2.24) is 33.9 Å². The first-order valence-electron chi connectivity index (χ1n) is 17.6. The lowest BCUT2D eigenvalue weighted by atomic mass is 10.0. The summed E-state index contributed by atoms with van der Waals surface area (Å²) < 4.78 is 8.08. The van der Waals surface area contributed by atoms with Gasteiger partial charge < -0.3 is 34.1 Å². The van der Waals surface area contributed by atoms with Gasteiger partial charge in [-0.2, -0.15) is 0 Å². The van der Waals surface area contributed by atoms with Crippen molar-refractivity contribution in [3.05, 3.63) is 65.6 Å². The van der Waals surface area contributed by atoms with Crippen LogP contribution in [0.1, 0.15) is 42.4 Å². The number of benzene rings is 1. The van der Waals surface area contributed by atoms with E-state index in [4.69, 9.17) is 4.74 Å². The van der Waals surface area contributed by atoms with Crippen LogP contribution in [0.2, 0.25) is 0 Å². The molecule has 0 unspecified atom stereocenters. The van der Waals surface area contributed by atoms with E-state index in [1.54, 1.807) is 11.1 Å². The normalized spacial score (nSPS) is 21.1. The van der Waals surface area contributed by atoms with E-state index < -0.39 is 12.2 Å². The molecule has 6 heterocycles. The number of carbonyl (C=O) groups is 3. The van der Waals surface area contributed by atoms with Crippen LogP contribution in [0.5, 0.6) is 0 Å². The first-order chi connectivity index (χ1) is 23.3. The van der Waals surface area contributed by atoms with Crippen LogP contribution in [0, 0.1) is 6.92 Å². The van der Waals surface area contributed by atoms with Crippen molar-refractivity contribution >= 4 is 29.4 Å². The maximum atomic E-state index is 14.1. The summed E-state index contributed by atoms with van der Waals surface area (Å²) in [7, 11) is 2.17. The molecule has 7 rings (SSSR count). The van der Waals surface area contributed by atoms with Gasteiger partial charge in [-0.25, -0.2) is 14.6 Å². The van der Waals surface area contributed by atoms with Gasteiger partial charge in [-0.1, -0.05) is 24.3 Å². The zero-order valence-corrected chi connectivity index (χ0v) is 28.2. The number of urea groups is 1. The number of anilines is 1. The summed E-state index contributed by atoms with van der Waals surface area (Å²) in [5.41, 5.74) is 4.80. The third-order valence-electron chi connectivity index (χ3n) is 10.8. The molecule has 48 heavy (non-hydrogen) atoms. The number of aryl methyl sites for hydroxylation is 1. The smallest absolute Gasteiger partial charge is 0.410 e. The summed E-state index contributed by atoms with van der Waals surface area (Å²) in [6.45, 7) is 9.20. The summed E-state index contributed by atoms with van der Waals surface area (Å²) in [6.07, 6.45) is 8.50. The van der Waals surface area contributed by atoms with Crippen molar-refractivity contribution in [2.75, 3.05) is 71.3 Å². The van der Waals surface area contributed by atoms with Crippen molar-refractivity contribution in [2.24, 2.45) is 0 Å². The molecule has 0 radical (unpaired) electrons. The Labute approximate surface area is 282 Å². The van der Waals surface area contributed by atoms with Crippen molar-refractivity contribution in [2.45, 2.75) is 63.6 Å². The van der Waals surface area contributed by atoms with E-state index in [0.29, 0.717) is 58.0 Å². The number of amides is 4. The quantitative estimate of drug-likeness (QED) is 0.433. The Hall–Kier alpha value is -4.16. The zero-order valence-electron chi connectivity index (χ0n) is 28.2. The number of imidazole rings is 1. The van der Waals surface area contributed by atoms with Gasteiger partial charge in [0.05, 0.1) is 0 Å². The largest absolute Gasteiger partial charge is 0.436 e. The van der Waals surface area contributed by atoms with E-state index in [0.717, 1.165) is 73.5 Å². The van der Waals surface area contributed by atoms with Crippen molar-refractivity contribution < 1.29 is 19.1 Å². The molecule has 3 aromatic rings. The Bertz CT molecular complexity index is 1620. The second kappa shape index (κ2) is 14.1. The molecule has 0 spiro atoms. The Kier molecular flexibility index (Phi) is 9.54. The molecule has 0 saturated carbocycles. The molecule has 12 heteroatoms. The molecule has 1 N–H and O–H groups in total. The standard InChI is InChI=1S/C36H48N8O4/c1-26-23-27(25-43-18-12-37-33(26)43)24-32(34(45)41-13-8-29(9-14-41)40-21-19-39(2)20-22-40)48-36(47)42-15-10-30(11-16-42)44-17-7-28-5-3-4-6-31(28)38-35(44)46/h3-6,12,18,23,25,29-30,32H,7-11,13-17,19-22,24H2,1-2H3,(H,38,46)/t32-/m1/s1. The third-order valence-corrected chi connectivity index (χ3v) is 10.8. The molecule has 12 nitrogen and oxygen atoms in total. The summed E-state index contributed by atoms with van der Waals surface area (Å²) in [4.78, 5) is 55.8. The number of likely N-dealkylation sites (tertiary alicyclic amines) is 2. The summed E-state index contributed by atoms with van der Waals surface area (Å²) >= 11 is 0. The first kappa shape index (κ1) is 32.4. The molecule has 0 bridgehead atoms. The first-order valence-corrected chi connectivity index (χ1v) is 17.6. The Balaban J connectivity index is 0.996. The molecule has 1 aromatic carbocycles. The van der Waals surface area contributed by atoms with Gasteiger partial charge in [0.2, 0.25) is 0 Å². The fourth-order valence-corrected chi connectivity index (χ4v) is 7.92. The number of piperidine rings is 2. The highest BCUT2D eigenvalue weighted by Gasteiger charge is 2.36. The van der Waals surface area contributed by atoms with E-state index in [1.165, 1.54) is 0 Å². The number of hydrogen-bond donors (Lipinski definition) is 1. The molecule has 256 valence electrons. The number of piperazine rings is 1. The van der Waals surface area contributed by atoms with Crippen molar-refractivity contribution in [1.29, 1.82) is 0 Å².